The highest BCUT2D eigenvalue weighted by atomic mass is 32.1. The van der Waals surface area contributed by atoms with E-state index in [4.69, 9.17) is 9.73 Å². The molecule has 2 N–H and O–H groups in total. The van der Waals surface area contributed by atoms with Gasteiger partial charge in [0, 0.05) is 55.4 Å². The Morgan fingerprint density at radius 2 is 2.18 bits per heavy atom. The van der Waals surface area contributed by atoms with Gasteiger partial charge in [0.05, 0.1) is 5.01 Å². The largest absolute Gasteiger partial charge is 0.381 e. The molecule has 5 heterocycles. The number of aliphatic imine (C=N–C) groups is 1. The van der Waals surface area contributed by atoms with Gasteiger partial charge in [0.2, 0.25) is 0 Å². The van der Waals surface area contributed by atoms with E-state index in [0.717, 1.165) is 55.8 Å². The maximum Gasteiger partial charge on any atom is 0.329 e. The molecular weight excluding hydrogens is 376 g/mol. The summed E-state index contributed by atoms with van der Waals surface area (Å²) in [4.78, 5) is 26.1. The standard InChI is InChI=1S/C19H26N6O2S/c1-12(18-21-4-7-28-18)14-8-20-9-15(14)17-22-16-10-24(11-25(16)19(26)23-17)13-2-5-27-6-3-13/h4,7,10,12-15,20H,2-3,5-6,8-9,11H2,1H3,(H,22,23,26). The van der Waals surface area contributed by atoms with E-state index in [9.17, 15) is 4.79 Å². The molecule has 0 bridgehead atoms. The van der Waals surface area contributed by atoms with E-state index in [0.29, 0.717) is 24.5 Å². The molecule has 4 aliphatic rings. The van der Waals surface area contributed by atoms with Crippen LogP contribution in [0.25, 0.3) is 0 Å². The van der Waals surface area contributed by atoms with Crippen molar-refractivity contribution in [2.45, 2.75) is 31.7 Å². The van der Waals surface area contributed by atoms with Crippen molar-refractivity contribution in [3.63, 3.8) is 0 Å². The molecule has 0 radical (unpaired) electrons. The van der Waals surface area contributed by atoms with E-state index in [2.05, 4.69) is 33.6 Å². The van der Waals surface area contributed by atoms with Gasteiger partial charge in [-0.2, -0.15) is 0 Å². The maximum absolute atomic E-state index is 12.8. The Labute approximate surface area is 168 Å². The highest BCUT2D eigenvalue weighted by Crippen LogP contribution is 2.35. The molecule has 0 aromatic carbocycles. The number of aromatic nitrogens is 1. The lowest BCUT2D eigenvalue weighted by atomic mass is 9.84. The second-order valence-electron chi connectivity index (χ2n) is 7.93. The number of carbonyl (C=O) groups is 1. The average Bonchev–Trinajstić information content (AvgIpc) is 3.48. The van der Waals surface area contributed by atoms with Crippen molar-refractivity contribution in [1.82, 2.24) is 25.4 Å². The van der Waals surface area contributed by atoms with Crippen molar-refractivity contribution < 1.29 is 9.53 Å². The number of urea groups is 1. The molecule has 3 atom stereocenters. The number of amidine groups is 1. The van der Waals surface area contributed by atoms with Crippen LogP contribution in [0.3, 0.4) is 0 Å². The number of thiazole rings is 1. The molecular formula is C19H26N6O2S. The number of carbonyl (C=O) groups excluding carboxylic acids is 1. The summed E-state index contributed by atoms with van der Waals surface area (Å²) in [5.74, 6) is 2.43. The lowest BCUT2D eigenvalue weighted by Gasteiger charge is -2.33. The molecule has 3 unspecified atom stereocenters. The van der Waals surface area contributed by atoms with Crippen molar-refractivity contribution in [3.05, 3.63) is 28.6 Å². The number of nitrogens with one attached hydrogen (secondary N) is 2. The fraction of sp³-hybridized carbons (Fsp3) is 0.632. The molecule has 1 aromatic rings. The Balaban J connectivity index is 1.37. The topological polar surface area (TPSA) is 82.1 Å². The number of hydrogen-bond acceptors (Lipinski definition) is 7. The second-order valence-corrected chi connectivity index (χ2v) is 8.86. The van der Waals surface area contributed by atoms with E-state index < -0.39 is 0 Å². The van der Waals surface area contributed by atoms with Crippen LogP contribution in [0.5, 0.6) is 0 Å². The van der Waals surface area contributed by atoms with E-state index in [1.54, 1.807) is 16.2 Å². The van der Waals surface area contributed by atoms with Crippen molar-refractivity contribution >= 4 is 23.2 Å². The van der Waals surface area contributed by atoms with Crippen molar-refractivity contribution in [1.29, 1.82) is 0 Å². The number of fused-ring (bicyclic) bond motifs is 1. The molecule has 2 amide bonds. The fourth-order valence-electron chi connectivity index (χ4n) is 4.66. The third-order valence-electron chi connectivity index (χ3n) is 6.33. The summed E-state index contributed by atoms with van der Waals surface area (Å²) in [7, 11) is 0. The molecule has 5 rings (SSSR count). The molecule has 0 saturated carbocycles. The Morgan fingerprint density at radius 1 is 1.32 bits per heavy atom. The number of hydrogen-bond donors (Lipinski definition) is 2. The van der Waals surface area contributed by atoms with Gasteiger partial charge < -0.3 is 15.0 Å². The van der Waals surface area contributed by atoms with Crippen molar-refractivity contribution in [2.24, 2.45) is 16.8 Å². The Bertz CT molecular complexity index is 788. The minimum absolute atomic E-state index is 0.0710. The van der Waals surface area contributed by atoms with Gasteiger partial charge in [-0.15, -0.1) is 11.3 Å². The average molecular weight is 403 g/mol. The van der Waals surface area contributed by atoms with E-state index in [1.165, 1.54) is 0 Å². The summed E-state index contributed by atoms with van der Waals surface area (Å²) in [6.07, 6.45) is 5.90. The first-order valence-corrected chi connectivity index (χ1v) is 10.9. The van der Waals surface area contributed by atoms with E-state index in [-0.39, 0.29) is 11.9 Å². The zero-order valence-corrected chi connectivity index (χ0v) is 16.8. The molecule has 9 heteroatoms. The molecule has 0 aliphatic carbocycles. The summed E-state index contributed by atoms with van der Waals surface area (Å²) in [6, 6.07) is 0.350. The first-order chi connectivity index (χ1) is 13.7. The Morgan fingerprint density at radius 3 is 2.96 bits per heavy atom. The van der Waals surface area contributed by atoms with E-state index >= 15 is 0 Å². The Kier molecular flexibility index (Phi) is 4.82. The highest BCUT2D eigenvalue weighted by Gasteiger charge is 2.41. The molecule has 4 aliphatic heterocycles. The van der Waals surface area contributed by atoms with Gasteiger partial charge in [-0.25, -0.2) is 14.8 Å². The van der Waals surface area contributed by atoms with Gasteiger partial charge in [0.15, 0.2) is 5.82 Å². The van der Waals surface area contributed by atoms with Gasteiger partial charge in [-0.1, -0.05) is 6.92 Å². The summed E-state index contributed by atoms with van der Waals surface area (Å²) >= 11 is 1.70. The van der Waals surface area contributed by atoms with Gasteiger partial charge in [-0.05, 0) is 25.3 Å². The van der Waals surface area contributed by atoms with Crippen LogP contribution in [0.4, 0.5) is 4.79 Å². The summed E-state index contributed by atoms with van der Waals surface area (Å²) in [5, 5.41) is 9.73. The SMILES string of the molecule is CC(c1nccs1)C1CNCC1C1=NC2=CN(C3CCOCC3)CN2C(=O)N1. The maximum atomic E-state index is 12.8. The van der Waals surface area contributed by atoms with Crippen LogP contribution in [0.15, 0.2) is 28.6 Å². The smallest absolute Gasteiger partial charge is 0.329 e. The van der Waals surface area contributed by atoms with Crippen LogP contribution >= 0.6 is 11.3 Å². The molecule has 0 spiro atoms. The van der Waals surface area contributed by atoms with Crippen LogP contribution in [0.1, 0.15) is 30.7 Å². The first-order valence-electron chi connectivity index (χ1n) is 10.0. The minimum Gasteiger partial charge on any atom is -0.381 e. The molecule has 2 saturated heterocycles. The minimum atomic E-state index is -0.0710. The van der Waals surface area contributed by atoms with Crippen molar-refractivity contribution in [2.75, 3.05) is 33.0 Å². The molecule has 2 fully saturated rings. The predicted octanol–water partition coefficient (Wildman–Crippen LogP) is 1.76. The predicted molar refractivity (Wildman–Crippen MR) is 107 cm³/mol. The van der Waals surface area contributed by atoms with Crippen LogP contribution < -0.4 is 10.6 Å². The molecule has 1 aromatic heterocycles. The summed E-state index contributed by atoms with van der Waals surface area (Å²) in [6.45, 7) is 6.12. The normalized spacial score (nSPS) is 29.4. The van der Waals surface area contributed by atoms with Crippen LogP contribution in [0.2, 0.25) is 0 Å². The van der Waals surface area contributed by atoms with Crippen LogP contribution in [-0.4, -0.2) is 65.7 Å². The fourth-order valence-corrected chi connectivity index (χ4v) is 5.43. The summed E-state index contributed by atoms with van der Waals surface area (Å²) < 4.78 is 5.47. The lowest BCUT2D eigenvalue weighted by molar-refractivity contribution is 0.0459. The second kappa shape index (κ2) is 7.46. The third-order valence-corrected chi connectivity index (χ3v) is 7.31. The highest BCUT2D eigenvalue weighted by molar-refractivity contribution is 7.09. The first kappa shape index (κ1) is 18.1. The number of nitrogens with zero attached hydrogens (tertiary/aromatic N) is 4. The number of ether oxygens (including phenoxy) is 1. The monoisotopic (exact) mass is 402 g/mol. The van der Waals surface area contributed by atoms with Crippen molar-refractivity contribution in [3.8, 4) is 0 Å². The van der Waals surface area contributed by atoms with Crippen LogP contribution in [0, 0.1) is 11.8 Å². The van der Waals surface area contributed by atoms with Gasteiger partial charge in [-0.3, -0.25) is 10.2 Å². The van der Waals surface area contributed by atoms with Gasteiger partial charge in [0.1, 0.15) is 12.5 Å². The number of rotatable bonds is 4. The lowest BCUT2D eigenvalue weighted by Crippen LogP contribution is -2.50. The van der Waals surface area contributed by atoms with Crippen LogP contribution in [-0.2, 0) is 4.74 Å². The zero-order chi connectivity index (χ0) is 19.1. The zero-order valence-electron chi connectivity index (χ0n) is 16.0. The quantitative estimate of drug-likeness (QED) is 0.802. The third kappa shape index (κ3) is 3.21. The molecule has 28 heavy (non-hydrogen) atoms. The molecule has 150 valence electrons. The van der Waals surface area contributed by atoms with Gasteiger partial charge in [0.25, 0.3) is 0 Å². The van der Waals surface area contributed by atoms with Gasteiger partial charge >= 0.3 is 6.03 Å². The Hall–Kier alpha value is -1.97. The van der Waals surface area contributed by atoms with E-state index in [1.807, 2.05) is 11.6 Å². The molecule has 8 nitrogen and oxygen atoms in total. The summed E-state index contributed by atoms with van der Waals surface area (Å²) in [5.41, 5.74) is 0. The number of amides is 2.